The number of aromatic amines is 1. The Morgan fingerprint density at radius 3 is 2.70 bits per heavy atom. The Hall–Kier alpha value is -2.10. The van der Waals surface area contributed by atoms with Crippen LogP contribution < -0.4 is 0 Å². The zero-order valence-electron chi connectivity index (χ0n) is 14.0. The lowest BCUT2D eigenvalue weighted by Crippen LogP contribution is -2.27. The zero-order valence-corrected chi connectivity index (χ0v) is 14.0. The number of carbonyl (C=O) groups is 1. The maximum Gasteiger partial charge on any atom is 0.223 e. The van der Waals surface area contributed by atoms with E-state index in [9.17, 15) is 4.79 Å². The molecule has 2 aliphatic rings. The number of aryl methyl sites for hydroxylation is 3. The lowest BCUT2D eigenvalue weighted by atomic mass is 10.0. The van der Waals surface area contributed by atoms with Crippen LogP contribution >= 0.6 is 0 Å². The SMILES string of the molecule is Cc1ccc(-c2nc([C@H]3CC(=O)N(C4CC4)C3)[nH]c2C)c(C)c1. The van der Waals surface area contributed by atoms with E-state index in [1.807, 2.05) is 0 Å². The molecule has 2 fully saturated rings. The Bertz CT molecular complexity index is 773. The molecule has 0 radical (unpaired) electrons. The van der Waals surface area contributed by atoms with Crippen molar-refractivity contribution in [2.75, 3.05) is 6.54 Å². The minimum atomic E-state index is 0.210. The van der Waals surface area contributed by atoms with E-state index in [-0.39, 0.29) is 5.92 Å². The number of amides is 1. The highest BCUT2D eigenvalue weighted by Crippen LogP contribution is 2.37. The van der Waals surface area contributed by atoms with Crippen molar-refractivity contribution in [1.29, 1.82) is 0 Å². The van der Waals surface area contributed by atoms with Crippen LogP contribution in [0.25, 0.3) is 11.3 Å². The van der Waals surface area contributed by atoms with E-state index < -0.39 is 0 Å². The van der Waals surface area contributed by atoms with Crippen LogP contribution in [0, 0.1) is 20.8 Å². The monoisotopic (exact) mass is 309 g/mol. The third-order valence-electron chi connectivity index (χ3n) is 5.07. The predicted molar refractivity (Wildman–Crippen MR) is 90.3 cm³/mol. The van der Waals surface area contributed by atoms with E-state index in [0.717, 1.165) is 23.8 Å². The van der Waals surface area contributed by atoms with Crippen molar-refractivity contribution in [3.63, 3.8) is 0 Å². The van der Waals surface area contributed by atoms with Crippen LogP contribution in [0.2, 0.25) is 0 Å². The van der Waals surface area contributed by atoms with Crippen LogP contribution in [-0.2, 0) is 4.79 Å². The number of nitrogens with one attached hydrogen (secondary N) is 1. The van der Waals surface area contributed by atoms with Gasteiger partial charge >= 0.3 is 0 Å². The fraction of sp³-hybridized carbons (Fsp3) is 0.474. The first-order valence-electron chi connectivity index (χ1n) is 8.46. The van der Waals surface area contributed by atoms with E-state index >= 15 is 0 Å². The first-order valence-corrected chi connectivity index (χ1v) is 8.46. The largest absolute Gasteiger partial charge is 0.345 e. The Morgan fingerprint density at radius 2 is 2.00 bits per heavy atom. The second-order valence-corrected chi connectivity index (χ2v) is 7.09. The molecule has 23 heavy (non-hydrogen) atoms. The summed E-state index contributed by atoms with van der Waals surface area (Å²) in [7, 11) is 0. The quantitative estimate of drug-likeness (QED) is 0.943. The normalized spacial score (nSPS) is 21.3. The van der Waals surface area contributed by atoms with Gasteiger partial charge in [-0.3, -0.25) is 4.79 Å². The van der Waals surface area contributed by atoms with Gasteiger partial charge in [0.15, 0.2) is 0 Å². The number of aromatic nitrogens is 2. The Morgan fingerprint density at radius 1 is 1.22 bits per heavy atom. The Balaban J connectivity index is 1.63. The number of hydrogen-bond acceptors (Lipinski definition) is 2. The van der Waals surface area contributed by atoms with E-state index in [0.29, 0.717) is 18.4 Å². The average Bonchev–Trinajstić information content (AvgIpc) is 3.16. The minimum absolute atomic E-state index is 0.210. The smallest absolute Gasteiger partial charge is 0.223 e. The molecule has 1 saturated heterocycles. The minimum Gasteiger partial charge on any atom is -0.345 e. The van der Waals surface area contributed by atoms with Gasteiger partial charge < -0.3 is 9.88 Å². The maximum atomic E-state index is 12.2. The number of hydrogen-bond donors (Lipinski definition) is 1. The first-order chi connectivity index (χ1) is 11.0. The maximum absolute atomic E-state index is 12.2. The summed E-state index contributed by atoms with van der Waals surface area (Å²) < 4.78 is 0. The number of rotatable bonds is 3. The molecule has 1 N–H and O–H groups in total. The van der Waals surface area contributed by atoms with Gasteiger partial charge in [0, 0.05) is 36.2 Å². The average molecular weight is 309 g/mol. The third-order valence-corrected chi connectivity index (χ3v) is 5.07. The van der Waals surface area contributed by atoms with E-state index in [2.05, 4.69) is 48.9 Å². The summed E-state index contributed by atoms with van der Waals surface area (Å²) in [5.41, 5.74) is 5.80. The summed E-state index contributed by atoms with van der Waals surface area (Å²) in [6.07, 6.45) is 2.93. The van der Waals surface area contributed by atoms with Gasteiger partial charge in [-0.05, 0) is 39.2 Å². The number of H-pyrrole nitrogens is 1. The molecule has 2 heterocycles. The molecule has 1 aromatic heterocycles. The number of benzene rings is 1. The van der Waals surface area contributed by atoms with E-state index in [1.54, 1.807) is 0 Å². The Labute approximate surface area is 136 Å². The fourth-order valence-corrected chi connectivity index (χ4v) is 3.67. The summed E-state index contributed by atoms with van der Waals surface area (Å²) in [5, 5.41) is 0. The second kappa shape index (κ2) is 5.22. The molecule has 1 aromatic carbocycles. The van der Waals surface area contributed by atoms with Crippen molar-refractivity contribution in [1.82, 2.24) is 14.9 Å². The predicted octanol–water partition coefficient (Wildman–Crippen LogP) is 3.48. The molecule has 0 unspecified atom stereocenters. The topological polar surface area (TPSA) is 49.0 Å². The Kier molecular flexibility index (Phi) is 3.29. The van der Waals surface area contributed by atoms with Gasteiger partial charge in [-0.15, -0.1) is 0 Å². The number of imidazole rings is 1. The molecule has 0 spiro atoms. The number of likely N-dealkylation sites (tertiary alicyclic amines) is 1. The van der Waals surface area contributed by atoms with Crippen LogP contribution in [0.15, 0.2) is 18.2 Å². The third kappa shape index (κ3) is 2.56. The molecule has 120 valence electrons. The second-order valence-electron chi connectivity index (χ2n) is 7.09. The molecule has 1 aliphatic carbocycles. The molecule has 2 aromatic rings. The van der Waals surface area contributed by atoms with Gasteiger partial charge in [-0.25, -0.2) is 4.98 Å². The molecule has 4 rings (SSSR count). The van der Waals surface area contributed by atoms with Crippen molar-refractivity contribution >= 4 is 5.91 Å². The molecule has 1 amide bonds. The van der Waals surface area contributed by atoms with Crippen molar-refractivity contribution in [2.45, 2.75) is 52.0 Å². The van der Waals surface area contributed by atoms with Crippen LogP contribution in [0.3, 0.4) is 0 Å². The molecule has 1 atom stereocenters. The fourth-order valence-electron chi connectivity index (χ4n) is 3.67. The van der Waals surface area contributed by atoms with Crippen molar-refractivity contribution in [3.8, 4) is 11.3 Å². The molecule has 1 saturated carbocycles. The summed E-state index contributed by atoms with van der Waals surface area (Å²) in [6.45, 7) is 7.13. The lowest BCUT2D eigenvalue weighted by Gasteiger charge is -2.14. The molecule has 0 bridgehead atoms. The molecule has 4 nitrogen and oxygen atoms in total. The van der Waals surface area contributed by atoms with E-state index in [1.165, 1.54) is 29.5 Å². The lowest BCUT2D eigenvalue weighted by molar-refractivity contribution is -0.128. The van der Waals surface area contributed by atoms with Crippen molar-refractivity contribution in [2.24, 2.45) is 0 Å². The summed E-state index contributed by atoms with van der Waals surface area (Å²) in [5.74, 6) is 1.47. The molecular formula is C19H23N3O. The molecular weight excluding hydrogens is 286 g/mol. The standard InChI is InChI=1S/C19H23N3O/c1-11-4-7-16(12(2)8-11)18-13(3)20-19(21-18)14-9-17(23)22(10-14)15-5-6-15/h4,7-8,14-15H,5-6,9-10H2,1-3H3,(H,20,21)/t14-/m0/s1. The number of nitrogens with zero attached hydrogens (tertiary/aromatic N) is 2. The highest BCUT2D eigenvalue weighted by Gasteiger charge is 2.40. The van der Waals surface area contributed by atoms with Crippen molar-refractivity contribution < 1.29 is 4.79 Å². The van der Waals surface area contributed by atoms with Crippen LogP contribution in [0.1, 0.15) is 47.8 Å². The van der Waals surface area contributed by atoms with Gasteiger partial charge in [0.05, 0.1) is 5.69 Å². The zero-order chi connectivity index (χ0) is 16.1. The molecule has 1 aliphatic heterocycles. The summed E-state index contributed by atoms with van der Waals surface area (Å²) in [4.78, 5) is 22.5. The van der Waals surface area contributed by atoms with Gasteiger partial charge in [0.1, 0.15) is 5.82 Å². The molecule has 4 heteroatoms. The van der Waals surface area contributed by atoms with Crippen LogP contribution in [-0.4, -0.2) is 33.4 Å². The first kappa shape index (κ1) is 14.5. The summed E-state index contributed by atoms with van der Waals surface area (Å²) >= 11 is 0. The highest BCUT2D eigenvalue weighted by atomic mass is 16.2. The van der Waals surface area contributed by atoms with E-state index in [4.69, 9.17) is 4.98 Å². The van der Waals surface area contributed by atoms with Gasteiger partial charge in [0.2, 0.25) is 5.91 Å². The van der Waals surface area contributed by atoms with Gasteiger partial charge in [0.25, 0.3) is 0 Å². The summed E-state index contributed by atoms with van der Waals surface area (Å²) in [6, 6.07) is 6.97. The van der Waals surface area contributed by atoms with Crippen molar-refractivity contribution in [3.05, 3.63) is 40.8 Å². The van der Waals surface area contributed by atoms with Crippen LogP contribution in [0.4, 0.5) is 0 Å². The number of carbonyl (C=O) groups excluding carboxylic acids is 1. The van der Waals surface area contributed by atoms with Gasteiger partial charge in [-0.1, -0.05) is 23.8 Å². The van der Waals surface area contributed by atoms with Gasteiger partial charge in [-0.2, -0.15) is 0 Å². The van der Waals surface area contributed by atoms with Crippen LogP contribution in [0.5, 0.6) is 0 Å². The highest BCUT2D eigenvalue weighted by molar-refractivity contribution is 5.80.